The van der Waals surface area contributed by atoms with Crippen LogP contribution in [0, 0.1) is 18.3 Å². The molecule has 6 nitrogen and oxygen atoms in total. The van der Waals surface area contributed by atoms with Gasteiger partial charge in [-0.25, -0.2) is 0 Å². The maximum atomic E-state index is 12.1. The molecule has 1 aromatic carbocycles. The molecule has 0 radical (unpaired) electrons. The van der Waals surface area contributed by atoms with Crippen molar-refractivity contribution in [3.63, 3.8) is 0 Å². The van der Waals surface area contributed by atoms with Crippen LogP contribution in [0.5, 0.6) is 0 Å². The predicted molar refractivity (Wildman–Crippen MR) is 91.4 cm³/mol. The Morgan fingerprint density at radius 1 is 1.17 bits per heavy atom. The minimum absolute atomic E-state index is 0.139. The van der Waals surface area contributed by atoms with Crippen LogP contribution >= 0.6 is 0 Å². The van der Waals surface area contributed by atoms with E-state index in [0.29, 0.717) is 12.8 Å². The minimum Gasteiger partial charge on any atom is -0.333 e. The maximum absolute atomic E-state index is 12.1. The van der Waals surface area contributed by atoms with Gasteiger partial charge in [0.1, 0.15) is 5.54 Å². The molecule has 0 aliphatic heterocycles. The van der Waals surface area contributed by atoms with Crippen molar-refractivity contribution in [1.29, 1.82) is 5.26 Å². The van der Waals surface area contributed by atoms with E-state index in [0.717, 1.165) is 29.0 Å². The Labute approximate surface area is 142 Å². The number of benzene rings is 1. The third-order valence-corrected chi connectivity index (χ3v) is 4.31. The van der Waals surface area contributed by atoms with Gasteiger partial charge in [-0.2, -0.15) is 5.26 Å². The lowest BCUT2D eigenvalue weighted by molar-refractivity contribution is -0.862. The van der Waals surface area contributed by atoms with Gasteiger partial charge in [-0.1, -0.05) is 17.7 Å². The summed E-state index contributed by atoms with van der Waals surface area (Å²) in [6.07, 6.45) is 3.36. The van der Waals surface area contributed by atoms with Crippen molar-refractivity contribution in [3.8, 4) is 6.07 Å². The number of rotatable bonds is 6. The van der Waals surface area contributed by atoms with E-state index in [1.165, 1.54) is 0 Å². The summed E-state index contributed by atoms with van der Waals surface area (Å²) < 4.78 is 0. The van der Waals surface area contributed by atoms with Crippen molar-refractivity contribution in [2.75, 3.05) is 25.5 Å². The molecular weight excluding hydrogens is 304 g/mol. The van der Waals surface area contributed by atoms with E-state index < -0.39 is 5.54 Å². The number of amides is 2. The Bertz CT molecular complexity index is 627. The lowest BCUT2D eigenvalue weighted by Crippen LogP contribution is -3.11. The van der Waals surface area contributed by atoms with E-state index in [1.54, 1.807) is 7.05 Å². The molecule has 0 heterocycles. The molecule has 128 valence electrons. The molecule has 0 saturated heterocycles. The monoisotopic (exact) mass is 329 g/mol. The molecule has 0 spiro atoms. The van der Waals surface area contributed by atoms with Gasteiger partial charge in [0.2, 0.25) is 0 Å². The van der Waals surface area contributed by atoms with Crippen molar-refractivity contribution in [1.82, 2.24) is 5.32 Å². The number of carbonyl (C=O) groups is 2. The van der Waals surface area contributed by atoms with Crippen LogP contribution < -0.4 is 15.5 Å². The van der Waals surface area contributed by atoms with Crippen molar-refractivity contribution >= 4 is 17.5 Å². The molecule has 1 unspecified atom stereocenters. The van der Waals surface area contributed by atoms with Crippen molar-refractivity contribution in [3.05, 3.63) is 29.8 Å². The van der Waals surface area contributed by atoms with Gasteiger partial charge in [0.05, 0.1) is 13.1 Å². The number of carbonyl (C=O) groups excluding carboxylic acids is 2. The summed E-state index contributed by atoms with van der Waals surface area (Å²) in [6, 6.07) is 9.81. The Kier molecular flexibility index (Phi) is 5.93. The number of nitrogens with zero attached hydrogens (tertiary/aromatic N) is 1. The van der Waals surface area contributed by atoms with E-state index in [-0.39, 0.29) is 24.9 Å². The molecule has 24 heavy (non-hydrogen) atoms. The van der Waals surface area contributed by atoms with Crippen molar-refractivity contribution < 1.29 is 14.5 Å². The first-order valence-electron chi connectivity index (χ1n) is 8.32. The highest BCUT2D eigenvalue weighted by atomic mass is 16.2. The van der Waals surface area contributed by atoms with E-state index >= 15 is 0 Å². The first-order chi connectivity index (χ1) is 11.4. The fourth-order valence-corrected chi connectivity index (χ4v) is 3.01. The Morgan fingerprint density at radius 2 is 1.75 bits per heavy atom. The van der Waals surface area contributed by atoms with Crippen molar-refractivity contribution in [2.45, 2.75) is 38.1 Å². The van der Waals surface area contributed by atoms with Gasteiger partial charge in [0, 0.05) is 5.69 Å². The maximum Gasteiger partial charge on any atom is 0.279 e. The van der Waals surface area contributed by atoms with Crippen molar-refractivity contribution in [2.24, 2.45) is 0 Å². The van der Waals surface area contributed by atoms with Gasteiger partial charge in [-0.05, 0) is 44.7 Å². The van der Waals surface area contributed by atoms with Gasteiger partial charge in [0.15, 0.2) is 13.1 Å². The fraction of sp³-hybridized carbons (Fsp3) is 0.500. The predicted octanol–water partition coefficient (Wildman–Crippen LogP) is 0.401. The molecule has 3 N–H and O–H groups in total. The molecule has 1 fully saturated rings. The first kappa shape index (κ1) is 18.0. The van der Waals surface area contributed by atoms with Gasteiger partial charge in [-0.15, -0.1) is 0 Å². The van der Waals surface area contributed by atoms with Crippen LogP contribution in [0.1, 0.15) is 31.2 Å². The molecular formula is C18H25N4O2+. The first-order valence-corrected chi connectivity index (χ1v) is 8.32. The highest BCUT2D eigenvalue weighted by Gasteiger charge is 2.35. The van der Waals surface area contributed by atoms with Crippen LogP contribution in [0.25, 0.3) is 0 Å². The van der Waals surface area contributed by atoms with Crippen LogP contribution in [-0.4, -0.2) is 37.5 Å². The fourth-order valence-electron chi connectivity index (χ4n) is 3.01. The van der Waals surface area contributed by atoms with Crippen LogP contribution in [0.4, 0.5) is 5.69 Å². The molecule has 2 amide bonds. The summed E-state index contributed by atoms with van der Waals surface area (Å²) >= 11 is 0. The average molecular weight is 329 g/mol. The third-order valence-electron chi connectivity index (χ3n) is 4.31. The summed E-state index contributed by atoms with van der Waals surface area (Å²) in [4.78, 5) is 25.0. The zero-order valence-electron chi connectivity index (χ0n) is 14.3. The number of anilines is 1. The van der Waals surface area contributed by atoms with Crippen LogP contribution in [0.2, 0.25) is 0 Å². The number of quaternary nitrogens is 1. The zero-order valence-corrected chi connectivity index (χ0v) is 14.3. The number of nitrogens with one attached hydrogen (secondary N) is 3. The van der Waals surface area contributed by atoms with Gasteiger partial charge >= 0.3 is 0 Å². The van der Waals surface area contributed by atoms with Crippen LogP contribution in [-0.2, 0) is 9.59 Å². The average Bonchev–Trinajstić information content (AvgIpc) is 2.98. The highest BCUT2D eigenvalue weighted by Crippen LogP contribution is 2.28. The molecule has 1 saturated carbocycles. The SMILES string of the molecule is Cc1ccc(NC(=O)C[NH+](C)CC(=O)NC2(C#N)CCCC2)cc1. The summed E-state index contributed by atoms with van der Waals surface area (Å²) in [5, 5.41) is 15.0. The number of aryl methyl sites for hydroxylation is 1. The number of hydrogen-bond acceptors (Lipinski definition) is 3. The standard InChI is InChI=1S/C18H24N4O2/c1-14-5-7-15(8-6-14)20-16(23)11-22(2)12-17(24)21-18(13-19)9-3-4-10-18/h5-8H,3-4,9-12H2,1-2H3,(H,20,23)(H,21,24)/p+1. The van der Waals surface area contributed by atoms with E-state index in [2.05, 4.69) is 16.7 Å². The second kappa shape index (κ2) is 7.93. The summed E-state index contributed by atoms with van der Waals surface area (Å²) in [7, 11) is 1.79. The van der Waals surface area contributed by atoms with Gasteiger partial charge in [-0.3, -0.25) is 9.59 Å². The number of nitriles is 1. The second-order valence-electron chi connectivity index (χ2n) is 6.67. The highest BCUT2D eigenvalue weighted by molar-refractivity contribution is 5.91. The van der Waals surface area contributed by atoms with Gasteiger partial charge in [0.25, 0.3) is 11.8 Å². The van der Waals surface area contributed by atoms with Gasteiger partial charge < -0.3 is 15.5 Å². The number of hydrogen-bond donors (Lipinski definition) is 3. The smallest absolute Gasteiger partial charge is 0.279 e. The molecule has 2 rings (SSSR count). The molecule has 0 bridgehead atoms. The van der Waals surface area contributed by atoms with E-state index in [4.69, 9.17) is 0 Å². The molecule has 1 aromatic rings. The Hall–Kier alpha value is -2.39. The van der Waals surface area contributed by atoms with Crippen LogP contribution in [0.3, 0.4) is 0 Å². The zero-order chi connectivity index (χ0) is 17.6. The third kappa shape index (κ3) is 5.07. The Morgan fingerprint density at radius 3 is 2.33 bits per heavy atom. The van der Waals surface area contributed by atoms with E-state index in [9.17, 15) is 14.9 Å². The minimum atomic E-state index is -0.707. The molecule has 0 aromatic heterocycles. The van der Waals surface area contributed by atoms with E-state index in [1.807, 2.05) is 31.2 Å². The summed E-state index contributed by atoms with van der Waals surface area (Å²) in [6.45, 7) is 2.35. The molecule has 1 aliphatic carbocycles. The molecule has 1 aliphatic rings. The summed E-state index contributed by atoms with van der Waals surface area (Å²) in [5.74, 6) is -0.320. The summed E-state index contributed by atoms with van der Waals surface area (Å²) in [5.41, 5.74) is 1.17. The normalized spacial score (nSPS) is 16.9. The second-order valence-corrected chi connectivity index (χ2v) is 6.67. The molecule has 6 heteroatoms. The Balaban J connectivity index is 1.78. The lowest BCUT2D eigenvalue weighted by Gasteiger charge is -2.22. The quantitative estimate of drug-likeness (QED) is 0.706. The largest absolute Gasteiger partial charge is 0.333 e. The molecule has 1 atom stereocenters. The number of likely N-dealkylation sites (N-methyl/N-ethyl adjacent to an activating group) is 1. The lowest BCUT2D eigenvalue weighted by atomic mass is 10.00. The van der Waals surface area contributed by atoms with Crippen LogP contribution in [0.15, 0.2) is 24.3 Å². The topological polar surface area (TPSA) is 86.4 Å².